The maximum atomic E-state index is 5.41. The Labute approximate surface area is 60.8 Å². The zero-order valence-corrected chi connectivity index (χ0v) is 6.12. The largest absolute Gasteiger partial charge is 1.00 e. The van der Waals surface area contributed by atoms with Crippen LogP contribution in [-0.4, -0.2) is 23.3 Å². The molecule has 0 aromatic heterocycles. The zero-order chi connectivity index (χ0) is 5.11. The van der Waals surface area contributed by atoms with Crippen molar-refractivity contribution in [3.8, 4) is 0 Å². The van der Waals surface area contributed by atoms with E-state index in [4.69, 9.17) is 11.6 Å². The normalized spacial score (nSPS) is 17.9. The number of hydrogen-bond acceptors (Lipinski definition) is 0. The van der Waals surface area contributed by atoms with Gasteiger partial charge in [0.15, 0.2) is 0 Å². The third-order valence-corrected chi connectivity index (χ3v) is 1.55. The van der Waals surface area contributed by atoms with E-state index in [1.54, 1.807) is 5.67 Å². The maximum absolute atomic E-state index is 5.41. The van der Waals surface area contributed by atoms with Gasteiger partial charge >= 0.3 is 0 Å². The average molecular weight is 154 g/mol. The maximum Gasteiger partial charge on any atom is 0.232 e. The molecule has 0 N–H and O–H groups in total. The van der Waals surface area contributed by atoms with Crippen LogP contribution in [-0.2, 0) is 0 Å². The SMILES string of the molecule is ClC=[N+]1CCCC1.[Cl-]. The van der Waals surface area contributed by atoms with Gasteiger partial charge in [0.2, 0.25) is 5.67 Å². The lowest BCUT2D eigenvalue weighted by atomic mass is 10.4. The van der Waals surface area contributed by atoms with Gasteiger partial charge in [0.1, 0.15) is 13.1 Å². The van der Waals surface area contributed by atoms with Crippen LogP contribution in [0.2, 0.25) is 0 Å². The number of nitrogens with zero attached hydrogens (tertiary/aromatic N) is 1. The molecule has 1 rings (SSSR count). The Bertz CT molecular complexity index is 82.4. The van der Waals surface area contributed by atoms with Crippen molar-refractivity contribution in [2.24, 2.45) is 0 Å². The van der Waals surface area contributed by atoms with E-state index in [2.05, 4.69) is 4.58 Å². The first-order chi connectivity index (χ1) is 3.43. The summed E-state index contributed by atoms with van der Waals surface area (Å²) in [6.07, 6.45) is 2.62. The van der Waals surface area contributed by atoms with Crippen LogP contribution in [0.25, 0.3) is 0 Å². The van der Waals surface area contributed by atoms with Crippen LogP contribution in [0.1, 0.15) is 12.8 Å². The molecule has 0 aromatic carbocycles. The second-order valence-electron chi connectivity index (χ2n) is 1.84. The van der Waals surface area contributed by atoms with E-state index >= 15 is 0 Å². The molecule has 0 amide bonds. The van der Waals surface area contributed by atoms with Gasteiger partial charge in [0.25, 0.3) is 0 Å². The van der Waals surface area contributed by atoms with Crippen LogP contribution in [0.4, 0.5) is 0 Å². The van der Waals surface area contributed by atoms with Crippen LogP contribution in [0.15, 0.2) is 0 Å². The van der Waals surface area contributed by atoms with E-state index in [0.717, 1.165) is 13.1 Å². The summed E-state index contributed by atoms with van der Waals surface area (Å²) >= 11 is 5.41. The lowest BCUT2D eigenvalue weighted by Crippen LogP contribution is -3.00. The summed E-state index contributed by atoms with van der Waals surface area (Å²) in [6.45, 7) is 2.31. The predicted octanol–water partition coefficient (Wildman–Crippen LogP) is -1.94. The lowest BCUT2D eigenvalue weighted by molar-refractivity contribution is -0.499. The fraction of sp³-hybridized carbons (Fsp3) is 0.800. The molecule has 0 saturated carbocycles. The molecule has 1 aliphatic heterocycles. The van der Waals surface area contributed by atoms with E-state index in [1.807, 2.05) is 0 Å². The molecule has 8 heavy (non-hydrogen) atoms. The molecule has 1 fully saturated rings. The van der Waals surface area contributed by atoms with Crippen molar-refractivity contribution in [2.75, 3.05) is 13.1 Å². The summed E-state index contributed by atoms with van der Waals surface area (Å²) in [7, 11) is 0. The van der Waals surface area contributed by atoms with Gasteiger partial charge in [-0.05, 0) is 11.6 Å². The first-order valence-electron chi connectivity index (χ1n) is 2.61. The molecule has 0 bridgehead atoms. The molecule has 3 heteroatoms. The minimum Gasteiger partial charge on any atom is -1.00 e. The molecular formula is C5H9Cl2N. The van der Waals surface area contributed by atoms with Crippen molar-refractivity contribution in [2.45, 2.75) is 12.8 Å². The summed E-state index contributed by atoms with van der Waals surface area (Å²) in [4.78, 5) is 0. The summed E-state index contributed by atoms with van der Waals surface area (Å²) < 4.78 is 2.13. The molecule has 1 nitrogen and oxygen atoms in total. The van der Waals surface area contributed by atoms with Gasteiger partial charge in [-0.2, -0.15) is 0 Å². The first kappa shape index (κ1) is 8.25. The van der Waals surface area contributed by atoms with Crippen molar-refractivity contribution in [1.82, 2.24) is 0 Å². The predicted molar refractivity (Wildman–Crippen MR) is 31.1 cm³/mol. The van der Waals surface area contributed by atoms with Gasteiger partial charge in [-0.1, -0.05) is 0 Å². The summed E-state index contributed by atoms with van der Waals surface area (Å²) in [5.74, 6) is 0. The molecule has 0 aromatic rings. The van der Waals surface area contributed by atoms with Crippen molar-refractivity contribution in [3.05, 3.63) is 0 Å². The van der Waals surface area contributed by atoms with Crippen LogP contribution in [0.3, 0.4) is 0 Å². The highest BCUT2D eigenvalue weighted by atomic mass is 35.5. The smallest absolute Gasteiger partial charge is 0.232 e. The molecule has 0 aliphatic carbocycles. The van der Waals surface area contributed by atoms with Crippen molar-refractivity contribution in [1.29, 1.82) is 0 Å². The Morgan fingerprint density at radius 1 is 1.25 bits per heavy atom. The molecule has 48 valence electrons. The number of halogens is 2. The van der Waals surface area contributed by atoms with Gasteiger partial charge in [-0.3, -0.25) is 0 Å². The Morgan fingerprint density at radius 3 is 2.00 bits per heavy atom. The molecule has 1 aliphatic rings. The fourth-order valence-corrected chi connectivity index (χ4v) is 1.03. The van der Waals surface area contributed by atoms with Crippen molar-refractivity contribution < 1.29 is 17.0 Å². The topological polar surface area (TPSA) is 3.01 Å². The van der Waals surface area contributed by atoms with Gasteiger partial charge in [0.05, 0.1) is 0 Å². The van der Waals surface area contributed by atoms with Crippen molar-refractivity contribution >= 4 is 17.3 Å². The van der Waals surface area contributed by atoms with Gasteiger partial charge in [0, 0.05) is 12.8 Å². The van der Waals surface area contributed by atoms with Gasteiger partial charge < -0.3 is 12.4 Å². The number of hydrogen-bond donors (Lipinski definition) is 0. The Morgan fingerprint density at radius 2 is 1.75 bits per heavy atom. The zero-order valence-electron chi connectivity index (χ0n) is 4.61. The summed E-state index contributed by atoms with van der Waals surface area (Å²) in [5.41, 5.74) is 1.65. The van der Waals surface area contributed by atoms with Crippen LogP contribution in [0.5, 0.6) is 0 Å². The molecule has 1 saturated heterocycles. The molecule has 0 atom stereocenters. The first-order valence-corrected chi connectivity index (χ1v) is 3.05. The van der Waals surface area contributed by atoms with Crippen LogP contribution in [0, 0.1) is 0 Å². The second kappa shape index (κ2) is 4.16. The van der Waals surface area contributed by atoms with Crippen molar-refractivity contribution in [3.63, 3.8) is 0 Å². The minimum atomic E-state index is 0. The fourth-order valence-electron chi connectivity index (χ4n) is 0.839. The standard InChI is InChI=1S/C5H9ClN.ClH/c6-5-7-3-1-2-4-7;/h5H,1-4H2;1H/q+1;/p-1. The Hall–Kier alpha value is 0.250. The minimum absolute atomic E-state index is 0. The Kier molecular flexibility index (Phi) is 4.29. The monoisotopic (exact) mass is 153 g/mol. The second-order valence-corrected chi connectivity index (χ2v) is 2.04. The van der Waals surface area contributed by atoms with E-state index in [-0.39, 0.29) is 12.4 Å². The molecule has 0 radical (unpaired) electrons. The van der Waals surface area contributed by atoms with E-state index in [1.165, 1.54) is 12.8 Å². The highest BCUT2D eigenvalue weighted by molar-refractivity contribution is 6.54. The average Bonchev–Trinajstić information content (AvgIpc) is 2.14. The summed E-state index contributed by atoms with van der Waals surface area (Å²) in [5, 5.41) is 0. The van der Waals surface area contributed by atoms with Crippen LogP contribution < -0.4 is 12.4 Å². The van der Waals surface area contributed by atoms with Crippen LogP contribution >= 0.6 is 11.6 Å². The lowest BCUT2D eigenvalue weighted by Gasteiger charge is -1.81. The molecular weight excluding hydrogens is 145 g/mol. The highest BCUT2D eigenvalue weighted by Gasteiger charge is 2.09. The summed E-state index contributed by atoms with van der Waals surface area (Å²) in [6, 6.07) is 0. The molecule has 0 unspecified atom stereocenters. The third kappa shape index (κ3) is 2.01. The number of rotatable bonds is 0. The third-order valence-electron chi connectivity index (χ3n) is 1.28. The van der Waals surface area contributed by atoms with E-state index in [9.17, 15) is 0 Å². The van der Waals surface area contributed by atoms with Gasteiger partial charge in [-0.25, -0.2) is 4.58 Å². The van der Waals surface area contributed by atoms with E-state index < -0.39 is 0 Å². The van der Waals surface area contributed by atoms with Gasteiger partial charge in [-0.15, -0.1) is 0 Å². The quantitative estimate of drug-likeness (QED) is 0.357. The highest BCUT2D eigenvalue weighted by Crippen LogP contribution is 1.99. The van der Waals surface area contributed by atoms with E-state index in [0.29, 0.717) is 0 Å². The Balaban J connectivity index is 0.000000490. The molecule has 0 spiro atoms. The molecule has 1 heterocycles.